The summed E-state index contributed by atoms with van der Waals surface area (Å²) in [7, 11) is 0. The van der Waals surface area contributed by atoms with Crippen LogP contribution < -0.4 is 113 Å². The Bertz CT molecular complexity index is 372. The molecule has 0 aliphatic carbocycles. The molecule has 0 aromatic carbocycles. The second-order valence-corrected chi connectivity index (χ2v) is 3.46. The fraction of sp³-hybridized carbons (Fsp3) is 0.500. The average Bonchev–Trinajstić information content (AvgIpc) is 2.11. The summed E-state index contributed by atoms with van der Waals surface area (Å²) in [6, 6.07) is 0. The summed E-state index contributed by atoms with van der Waals surface area (Å²) in [5.41, 5.74) is -2.74. The van der Waals surface area contributed by atoms with E-state index in [-0.39, 0.29) is 103 Å². The molecule has 0 fully saturated rings. The van der Waals surface area contributed by atoms with Crippen LogP contribution >= 0.6 is 0 Å². The van der Waals surface area contributed by atoms with E-state index in [1.54, 1.807) is 0 Å². The van der Waals surface area contributed by atoms with Gasteiger partial charge in [0.15, 0.2) is 5.60 Å². The Kier molecular flexibility index (Phi) is 28.6. The van der Waals surface area contributed by atoms with E-state index in [1.165, 1.54) is 0 Å². The Morgan fingerprint density at radius 3 is 1.04 bits per heavy atom. The van der Waals surface area contributed by atoms with Crippen LogP contribution in [0.4, 0.5) is 0 Å². The smallest absolute Gasteiger partial charge is 0.550 e. The van der Waals surface area contributed by atoms with Gasteiger partial charge >= 0.3 is 121 Å². The molecular formula is C10H14K2O11. The van der Waals surface area contributed by atoms with Gasteiger partial charge in [0, 0.05) is 11.9 Å². The Morgan fingerprint density at radius 2 is 0.957 bits per heavy atom. The molecule has 0 aliphatic rings. The molecule has 0 rings (SSSR count). The largest absolute Gasteiger partial charge is 1.00 e. The zero-order valence-corrected chi connectivity index (χ0v) is 19.3. The summed E-state index contributed by atoms with van der Waals surface area (Å²) >= 11 is 0. The zero-order valence-electron chi connectivity index (χ0n) is 13.1. The van der Waals surface area contributed by atoms with Crippen LogP contribution in [0.15, 0.2) is 0 Å². The molecule has 0 saturated heterocycles. The van der Waals surface area contributed by atoms with Crippen LogP contribution in [0.3, 0.4) is 0 Å². The summed E-state index contributed by atoms with van der Waals surface area (Å²) in [6.45, 7) is 1.94. The number of carbonyl (C=O) groups is 5. The van der Waals surface area contributed by atoms with Crippen LogP contribution in [0, 0.1) is 0 Å². The minimum atomic E-state index is -2.74. The van der Waals surface area contributed by atoms with E-state index in [4.69, 9.17) is 40.2 Å². The molecular weight excluding hydrogens is 374 g/mol. The first-order valence-corrected chi connectivity index (χ1v) is 4.99. The maximum Gasteiger partial charge on any atom is 1.00 e. The third-order valence-corrected chi connectivity index (χ3v) is 1.29. The Balaban J connectivity index is -0.0000000909. The van der Waals surface area contributed by atoms with E-state index in [0.29, 0.717) is 0 Å². The number of rotatable bonds is 5. The van der Waals surface area contributed by atoms with Gasteiger partial charge in [-0.05, 0) is 13.8 Å². The molecule has 0 atom stereocenters. The van der Waals surface area contributed by atoms with Crippen molar-refractivity contribution in [2.45, 2.75) is 32.3 Å². The van der Waals surface area contributed by atoms with Gasteiger partial charge in [0.1, 0.15) is 0 Å². The normalized spacial score (nSPS) is 8.30. The van der Waals surface area contributed by atoms with Gasteiger partial charge in [-0.1, -0.05) is 0 Å². The molecule has 0 aromatic heterocycles. The second-order valence-electron chi connectivity index (χ2n) is 3.46. The van der Waals surface area contributed by atoms with Crippen molar-refractivity contribution in [3.8, 4) is 0 Å². The first-order valence-electron chi connectivity index (χ1n) is 4.99. The third kappa shape index (κ3) is 34.8. The van der Waals surface area contributed by atoms with Gasteiger partial charge in [0.2, 0.25) is 0 Å². The predicted octanol–water partition coefficient (Wildman–Crippen LogP) is -9.73. The van der Waals surface area contributed by atoms with Crippen LogP contribution in [-0.4, -0.2) is 55.9 Å². The monoisotopic (exact) mass is 388 g/mol. The number of hydrogen-bond donors (Lipinski definition) is 4. The number of carboxylic acids is 5. The van der Waals surface area contributed by atoms with E-state index in [1.807, 2.05) is 0 Å². The number of aliphatic carboxylic acids is 5. The average molecular weight is 388 g/mol. The second kappa shape index (κ2) is 18.9. The molecule has 0 spiro atoms. The number of carboxylic acid groups (broad SMARTS) is 5. The van der Waals surface area contributed by atoms with E-state index in [0.717, 1.165) is 13.8 Å². The Morgan fingerprint density at radius 1 is 0.783 bits per heavy atom. The maximum atomic E-state index is 10.3. The molecule has 0 bridgehead atoms. The van der Waals surface area contributed by atoms with Crippen molar-refractivity contribution in [2.75, 3.05) is 0 Å². The fourth-order valence-corrected chi connectivity index (χ4v) is 0.714. The molecule has 4 N–H and O–H groups in total. The van der Waals surface area contributed by atoms with Gasteiger partial charge in [-0.25, -0.2) is 4.79 Å². The summed E-state index contributed by atoms with van der Waals surface area (Å²) in [5.74, 6) is -7.19. The standard InChI is InChI=1S/C6H8O7.2C2H4O2.2K/c7-3(8)1-6(13,5(11)12)2-4(9)10;2*1-2(3)4;;/h13H,1-2H2,(H,7,8)(H,9,10)(H,11,12);2*1H3,(H,3,4);;/q;;;2*+1/p-2. The van der Waals surface area contributed by atoms with Gasteiger partial charge in [-0.2, -0.15) is 0 Å². The van der Waals surface area contributed by atoms with Gasteiger partial charge in [0.25, 0.3) is 0 Å². The van der Waals surface area contributed by atoms with Gasteiger partial charge < -0.3 is 40.2 Å². The van der Waals surface area contributed by atoms with Crippen molar-refractivity contribution in [2.24, 2.45) is 0 Å². The molecule has 0 unspecified atom stereocenters. The quantitative estimate of drug-likeness (QED) is 0.324. The van der Waals surface area contributed by atoms with E-state index in [2.05, 4.69) is 0 Å². The van der Waals surface area contributed by atoms with Crippen LogP contribution in [0.25, 0.3) is 0 Å². The van der Waals surface area contributed by atoms with Crippen molar-refractivity contribution in [1.82, 2.24) is 0 Å². The minimum absolute atomic E-state index is 0. The van der Waals surface area contributed by atoms with Crippen molar-refractivity contribution >= 4 is 29.8 Å². The summed E-state index contributed by atoms with van der Waals surface area (Å²) in [6.07, 6.45) is -2.29. The number of aliphatic hydroxyl groups is 1. The van der Waals surface area contributed by atoms with Gasteiger partial charge in [-0.3, -0.25) is 9.59 Å². The first kappa shape index (κ1) is 34.8. The molecule has 13 heteroatoms. The molecule has 0 aromatic rings. The third-order valence-electron chi connectivity index (χ3n) is 1.29. The van der Waals surface area contributed by atoms with Crippen LogP contribution in [-0.2, 0) is 24.0 Å². The SMILES string of the molecule is CC(=O)[O-].CC(=O)[O-].O=C(O)CC(O)(CC(=O)O)C(=O)O.[K+].[K+]. The summed E-state index contributed by atoms with van der Waals surface area (Å²) in [4.78, 5) is 48.3. The number of hydrogen-bond acceptors (Lipinski definition) is 8. The van der Waals surface area contributed by atoms with Gasteiger partial charge in [-0.15, -0.1) is 0 Å². The predicted molar refractivity (Wildman–Crippen MR) is 58.5 cm³/mol. The molecule has 0 amide bonds. The number of carbonyl (C=O) groups excluding carboxylic acids is 2. The Hall–Kier alpha value is 0.583. The molecule has 0 saturated carbocycles. The molecule has 0 aliphatic heterocycles. The maximum absolute atomic E-state index is 10.3. The van der Waals surface area contributed by atoms with E-state index >= 15 is 0 Å². The minimum Gasteiger partial charge on any atom is -0.550 e. The molecule has 0 heterocycles. The van der Waals surface area contributed by atoms with Crippen LogP contribution in [0.1, 0.15) is 26.7 Å². The van der Waals surface area contributed by atoms with Crippen molar-refractivity contribution in [3.05, 3.63) is 0 Å². The molecule has 23 heavy (non-hydrogen) atoms. The van der Waals surface area contributed by atoms with Gasteiger partial charge in [0.05, 0.1) is 12.8 Å². The summed E-state index contributed by atoms with van der Waals surface area (Å²) in [5, 5.41) is 51.6. The van der Waals surface area contributed by atoms with E-state index in [9.17, 15) is 14.4 Å². The molecule has 0 radical (unpaired) electrons. The fourth-order valence-electron chi connectivity index (χ4n) is 0.714. The summed E-state index contributed by atoms with van der Waals surface area (Å²) < 4.78 is 0. The Labute approximate surface area is 215 Å². The first-order chi connectivity index (χ1) is 9.24. The zero-order chi connectivity index (χ0) is 17.8. The van der Waals surface area contributed by atoms with Crippen LogP contribution in [0.2, 0.25) is 0 Å². The topological polar surface area (TPSA) is 212 Å². The van der Waals surface area contributed by atoms with Crippen molar-refractivity contribution < 1.29 is 157 Å². The van der Waals surface area contributed by atoms with E-state index < -0.39 is 48.3 Å². The molecule has 122 valence electrons. The van der Waals surface area contributed by atoms with Crippen molar-refractivity contribution in [3.63, 3.8) is 0 Å². The van der Waals surface area contributed by atoms with Crippen LogP contribution in [0.5, 0.6) is 0 Å². The molecule has 11 nitrogen and oxygen atoms in total. The van der Waals surface area contributed by atoms with Crippen molar-refractivity contribution in [1.29, 1.82) is 0 Å².